The van der Waals surface area contributed by atoms with E-state index in [1.807, 2.05) is 18.2 Å². The van der Waals surface area contributed by atoms with Crippen LogP contribution in [0.5, 0.6) is 0 Å². The van der Waals surface area contributed by atoms with Crippen LogP contribution in [0, 0.1) is 11.3 Å². The van der Waals surface area contributed by atoms with E-state index in [2.05, 4.69) is 30.0 Å². The van der Waals surface area contributed by atoms with Crippen LogP contribution in [-0.2, 0) is 9.84 Å². The number of fused-ring (bicyclic) bond motifs is 1. The fraction of sp³-hybridized carbons (Fsp3) is 0.480. The molecule has 1 aliphatic rings. The summed E-state index contributed by atoms with van der Waals surface area (Å²) in [5, 5.41) is 29.8. The summed E-state index contributed by atoms with van der Waals surface area (Å²) in [6.07, 6.45) is 6.24. The van der Waals surface area contributed by atoms with Crippen molar-refractivity contribution in [1.82, 2.24) is 0 Å². The highest BCUT2D eigenvalue weighted by Gasteiger charge is 2.22. The van der Waals surface area contributed by atoms with Crippen molar-refractivity contribution in [2.75, 3.05) is 23.8 Å². The van der Waals surface area contributed by atoms with Gasteiger partial charge in [-0.1, -0.05) is 31.5 Å². The minimum absolute atomic E-state index is 0.117. The largest absolute Gasteiger partial charge is 0.394 e. The van der Waals surface area contributed by atoms with Gasteiger partial charge in [-0.25, -0.2) is 8.42 Å². The highest BCUT2D eigenvalue weighted by atomic mass is 32.2. The standard InChI is InChI=1S/C25H32N2O4S/c1-2-5-22-6-3-4-12-27(22)23-10-9-20-14-19(7-8-21(20)16-23)15-25(17-26)32(30,31)13-11-24(29)18-28/h7-10,14-16,22,24,28-29H,2-6,11-13,18H2,1H3/b25-15+. The molecule has 2 aromatic carbocycles. The molecule has 0 spiro atoms. The number of anilines is 1. The number of benzene rings is 2. The van der Waals surface area contributed by atoms with Gasteiger partial charge in [0, 0.05) is 18.3 Å². The Kier molecular flexibility index (Phi) is 8.30. The van der Waals surface area contributed by atoms with E-state index >= 15 is 0 Å². The summed E-state index contributed by atoms with van der Waals surface area (Å²) < 4.78 is 24.9. The van der Waals surface area contributed by atoms with Gasteiger partial charge in [-0.3, -0.25) is 0 Å². The molecule has 6 nitrogen and oxygen atoms in total. The summed E-state index contributed by atoms with van der Waals surface area (Å²) in [7, 11) is -3.84. The third-order valence-electron chi connectivity index (χ3n) is 6.10. The van der Waals surface area contributed by atoms with Gasteiger partial charge in [-0.2, -0.15) is 5.26 Å². The number of nitriles is 1. The van der Waals surface area contributed by atoms with Gasteiger partial charge in [-0.05, 0) is 72.7 Å². The molecular weight excluding hydrogens is 424 g/mol. The smallest absolute Gasteiger partial charge is 0.188 e. The average Bonchev–Trinajstić information content (AvgIpc) is 2.81. The van der Waals surface area contributed by atoms with Crippen LogP contribution in [0.4, 0.5) is 5.69 Å². The van der Waals surface area contributed by atoms with Gasteiger partial charge in [0.05, 0.1) is 18.5 Å². The van der Waals surface area contributed by atoms with E-state index in [0.29, 0.717) is 11.6 Å². The molecule has 32 heavy (non-hydrogen) atoms. The number of nitrogens with zero attached hydrogens (tertiary/aromatic N) is 2. The Morgan fingerprint density at radius 3 is 2.72 bits per heavy atom. The van der Waals surface area contributed by atoms with Crippen molar-refractivity contribution < 1.29 is 18.6 Å². The maximum atomic E-state index is 12.5. The van der Waals surface area contributed by atoms with Crippen molar-refractivity contribution in [2.45, 2.75) is 57.6 Å². The van der Waals surface area contributed by atoms with Gasteiger partial charge < -0.3 is 15.1 Å². The average molecular weight is 457 g/mol. The third-order valence-corrected chi connectivity index (χ3v) is 7.75. The highest BCUT2D eigenvalue weighted by molar-refractivity contribution is 7.95. The maximum absolute atomic E-state index is 12.5. The summed E-state index contributed by atoms with van der Waals surface area (Å²) >= 11 is 0. The minimum atomic E-state index is -3.84. The van der Waals surface area contributed by atoms with Crippen LogP contribution in [0.25, 0.3) is 16.8 Å². The molecule has 7 heteroatoms. The van der Waals surface area contributed by atoms with Crippen LogP contribution in [0.3, 0.4) is 0 Å². The molecule has 2 atom stereocenters. The Morgan fingerprint density at radius 2 is 2.00 bits per heavy atom. The Morgan fingerprint density at radius 1 is 1.25 bits per heavy atom. The number of aliphatic hydroxyl groups excluding tert-OH is 2. The lowest BCUT2D eigenvalue weighted by Crippen LogP contribution is -2.39. The van der Waals surface area contributed by atoms with E-state index in [-0.39, 0.29) is 17.1 Å². The van der Waals surface area contributed by atoms with Gasteiger partial charge in [0.2, 0.25) is 0 Å². The number of aliphatic hydroxyl groups is 2. The number of piperidine rings is 1. The second kappa shape index (κ2) is 11.0. The van der Waals surface area contributed by atoms with Gasteiger partial charge in [0.25, 0.3) is 0 Å². The lowest BCUT2D eigenvalue weighted by atomic mass is 9.96. The van der Waals surface area contributed by atoms with Crippen molar-refractivity contribution in [3.63, 3.8) is 0 Å². The van der Waals surface area contributed by atoms with E-state index in [1.54, 1.807) is 6.07 Å². The predicted octanol–water partition coefficient (Wildman–Crippen LogP) is 4.02. The van der Waals surface area contributed by atoms with Crippen molar-refractivity contribution in [2.24, 2.45) is 0 Å². The molecule has 1 heterocycles. The molecule has 1 saturated heterocycles. The molecule has 2 unspecified atom stereocenters. The zero-order valence-corrected chi connectivity index (χ0v) is 19.4. The number of allylic oxidation sites excluding steroid dienone is 1. The summed E-state index contributed by atoms with van der Waals surface area (Å²) in [4.78, 5) is 2.18. The molecule has 0 radical (unpaired) electrons. The normalized spacial score (nSPS) is 18.5. The number of hydrogen-bond acceptors (Lipinski definition) is 6. The molecule has 0 saturated carbocycles. The molecule has 2 N–H and O–H groups in total. The number of rotatable bonds is 9. The molecule has 3 rings (SSSR count). The quantitative estimate of drug-likeness (QED) is 0.553. The van der Waals surface area contributed by atoms with Crippen molar-refractivity contribution in [3.05, 3.63) is 46.9 Å². The van der Waals surface area contributed by atoms with Crippen molar-refractivity contribution in [1.29, 1.82) is 5.26 Å². The number of hydrogen-bond donors (Lipinski definition) is 2. The van der Waals surface area contributed by atoms with E-state index < -0.39 is 22.5 Å². The number of sulfone groups is 1. The zero-order chi connectivity index (χ0) is 23.1. The first kappa shape index (κ1) is 24.2. The molecule has 0 bridgehead atoms. The van der Waals surface area contributed by atoms with Crippen LogP contribution in [-0.4, -0.2) is 49.7 Å². The molecule has 0 amide bonds. The molecule has 2 aromatic rings. The van der Waals surface area contributed by atoms with E-state index in [1.165, 1.54) is 43.9 Å². The Labute approximate surface area is 190 Å². The second-order valence-electron chi connectivity index (χ2n) is 8.49. The second-order valence-corrected chi connectivity index (χ2v) is 10.6. The molecule has 1 aliphatic heterocycles. The topological polar surface area (TPSA) is 102 Å². The first-order chi connectivity index (χ1) is 15.4. The minimum Gasteiger partial charge on any atom is -0.394 e. The monoisotopic (exact) mass is 456 g/mol. The Bertz CT molecular complexity index is 1100. The summed E-state index contributed by atoms with van der Waals surface area (Å²) in [5.74, 6) is -0.389. The van der Waals surface area contributed by atoms with Crippen LogP contribution in [0.1, 0.15) is 51.0 Å². The van der Waals surface area contributed by atoms with Crippen LogP contribution >= 0.6 is 0 Å². The highest BCUT2D eigenvalue weighted by Crippen LogP contribution is 2.30. The third kappa shape index (κ3) is 5.89. The lowest BCUT2D eigenvalue weighted by Gasteiger charge is -2.37. The van der Waals surface area contributed by atoms with Crippen LogP contribution in [0.15, 0.2) is 41.3 Å². The first-order valence-electron chi connectivity index (χ1n) is 11.3. The van der Waals surface area contributed by atoms with E-state index in [9.17, 15) is 18.8 Å². The van der Waals surface area contributed by atoms with Gasteiger partial charge in [-0.15, -0.1) is 0 Å². The summed E-state index contributed by atoms with van der Waals surface area (Å²) in [5.41, 5.74) is 1.86. The first-order valence-corrected chi connectivity index (χ1v) is 13.0. The zero-order valence-electron chi connectivity index (χ0n) is 18.6. The molecular formula is C25H32N2O4S. The van der Waals surface area contributed by atoms with E-state index in [0.717, 1.165) is 17.3 Å². The SMILES string of the molecule is CCCC1CCCCN1c1ccc2cc(/C=C(\C#N)S(=O)(=O)CCC(O)CO)ccc2c1. The molecule has 1 fully saturated rings. The van der Waals surface area contributed by atoms with Crippen LogP contribution < -0.4 is 4.90 Å². The van der Waals surface area contributed by atoms with Gasteiger partial charge >= 0.3 is 0 Å². The predicted molar refractivity (Wildman–Crippen MR) is 129 cm³/mol. The summed E-state index contributed by atoms with van der Waals surface area (Å²) in [6, 6.07) is 14.4. The van der Waals surface area contributed by atoms with Crippen molar-refractivity contribution >= 4 is 32.4 Å². The summed E-state index contributed by atoms with van der Waals surface area (Å²) in [6.45, 7) is 2.79. The van der Waals surface area contributed by atoms with Crippen LogP contribution in [0.2, 0.25) is 0 Å². The Balaban J connectivity index is 1.85. The van der Waals surface area contributed by atoms with Gasteiger partial charge in [0.15, 0.2) is 9.84 Å². The van der Waals surface area contributed by atoms with E-state index in [4.69, 9.17) is 5.11 Å². The Hall–Kier alpha value is -2.40. The van der Waals surface area contributed by atoms with Gasteiger partial charge in [0.1, 0.15) is 11.0 Å². The molecule has 0 aromatic heterocycles. The fourth-order valence-electron chi connectivity index (χ4n) is 4.33. The molecule has 172 valence electrons. The fourth-order valence-corrected chi connectivity index (χ4v) is 5.59. The van der Waals surface area contributed by atoms with Crippen molar-refractivity contribution in [3.8, 4) is 6.07 Å². The maximum Gasteiger partial charge on any atom is 0.188 e. The molecule has 0 aliphatic carbocycles. The lowest BCUT2D eigenvalue weighted by molar-refractivity contribution is 0.0929.